The van der Waals surface area contributed by atoms with Crippen molar-refractivity contribution in [1.82, 2.24) is 4.90 Å². The standard InChI is InChI=1S/C16H23F3N2O.ClH/c1-21(15(22)10-4-2-3-7-11-20)12-13-8-5-6-9-14(13)16(17,18)19;/h5-6,8-9H,2-4,7,10-12,20H2,1H3;1H. The van der Waals surface area contributed by atoms with Crippen LogP contribution in [0.2, 0.25) is 0 Å². The Bertz CT molecular complexity index is 481. The van der Waals surface area contributed by atoms with Gasteiger partial charge in [-0.3, -0.25) is 4.79 Å². The molecule has 0 bridgehead atoms. The molecule has 1 aromatic carbocycles. The van der Waals surface area contributed by atoms with Gasteiger partial charge in [-0.1, -0.05) is 31.0 Å². The summed E-state index contributed by atoms with van der Waals surface area (Å²) in [6, 6.07) is 5.36. The maximum absolute atomic E-state index is 12.9. The van der Waals surface area contributed by atoms with Gasteiger partial charge in [0, 0.05) is 20.0 Å². The normalized spacial score (nSPS) is 11.0. The second-order valence-corrected chi connectivity index (χ2v) is 5.36. The van der Waals surface area contributed by atoms with E-state index in [1.54, 1.807) is 6.07 Å². The average molecular weight is 353 g/mol. The fourth-order valence-corrected chi connectivity index (χ4v) is 2.24. The van der Waals surface area contributed by atoms with Gasteiger partial charge in [0.2, 0.25) is 5.91 Å². The summed E-state index contributed by atoms with van der Waals surface area (Å²) >= 11 is 0. The fraction of sp³-hybridized carbons (Fsp3) is 0.562. The lowest BCUT2D eigenvalue weighted by Crippen LogP contribution is -2.27. The first-order valence-electron chi connectivity index (χ1n) is 7.45. The first-order chi connectivity index (χ1) is 10.4. The molecule has 0 fully saturated rings. The Kier molecular flexibility index (Phi) is 9.91. The highest BCUT2D eigenvalue weighted by Gasteiger charge is 2.33. The first kappa shape index (κ1) is 21.7. The molecule has 0 saturated heterocycles. The summed E-state index contributed by atoms with van der Waals surface area (Å²) < 4.78 is 38.7. The molecule has 0 atom stereocenters. The van der Waals surface area contributed by atoms with E-state index in [4.69, 9.17) is 5.73 Å². The number of carbonyl (C=O) groups excluding carboxylic acids is 1. The van der Waals surface area contributed by atoms with Crippen molar-refractivity contribution in [3.8, 4) is 0 Å². The number of benzene rings is 1. The Morgan fingerprint density at radius 3 is 2.35 bits per heavy atom. The number of nitrogens with zero attached hydrogens (tertiary/aromatic N) is 1. The number of unbranched alkanes of at least 4 members (excludes halogenated alkanes) is 3. The van der Waals surface area contributed by atoms with Crippen LogP contribution in [0.3, 0.4) is 0 Å². The molecular formula is C16H24ClF3N2O. The van der Waals surface area contributed by atoms with E-state index in [0.717, 1.165) is 31.7 Å². The lowest BCUT2D eigenvalue weighted by atomic mass is 10.1. The number of alkyl halides is 3. The summed E-state index contributed by atoms with van der Waals surface area (Å²) in [5.74, 6) is -0.135. The van der Waals surface area contributed by atoms with Crippen molar-refractivity contribution in [1.29, 1.82) is 0 Å². The van der Waals surface area contributed by atoms with Crippen molar-refractivity contribution < 1.29 is 18.0 Å². The summed E-state index contributed by atoms with van der Waals surface area (Å²) in [7, 11) is 1.54. The van der Waals surface area contributed by atoms with Crippen molar-refractivity contribution in [3.63, 3.8) is 0 Å². The summed E-state index contributed by atoms with van der Waals surface area (Å²) in [6.07, 6.45) is -0.481. The Balaban J connectivity index is 0.00000484. The van der Waals surface area contributed by atoms with Gasteiger partial charge < -0.3 is 10.6 Å². The maximum Gasteiger partial charge on any atom is 0.416 e. The number of carbonyl (C=O) groups is 1. The molecule has 2 N–H and O–H groups in total. The second-order valence-electron chi connectivity index (χ2n) is 5.36. The number of rotatable bonds is 8. The van der Waals surface area contributed by atoms with Gasteiger partial charge in [-0.05, 0) is 31.0 Å². The minimum absolute atomic E-state index is 0. The van der Waals surface area contributed by atoms with E-state index in [1.165, 1.54) is 24.1 Å². The molecule has 23 heavy (non-hydrogen) atoms. The lowest BCUT2D eigenvalue weighted by Gasteiger charge is -2.20. The molecule has 0 unspecified atom stereocenters. The number of hydrogen-bond acceptors (Lipinski definition) is 2. The SMILES string of the molecule is CN(Cc1ccccc1C(F)(F)F)C(=O)CCCCCCN.Cl. The molecule has 1 rings (SSSR count). The van der Waals surface area contributed by atoms with Crippen LogP contribution in [0.5, 0.6) is 0 Å². The smallest absolute Gasteiger partial charge is 0.341 e. The molecule has 0 radical (unpaired) electrons. The quantitative estimate of drug-likeness (QED) is 0.719. The molecule has 0 aliphatic heterocycles. The highest BCUT2D eigenvalue weighted by molar-refractivity contribution is 5.85. The van der Waals surface area contributed by atoms with Gasteiger partial charge in [0.25, 0.3) is 0 Å². The van der Waals surface area contributed by atoms with Gasteiger partial charge in [-0.15, -0.1) is 12.4 Å². The molecule has 7 heteroatoms. The number of nitrogens with two attached hydrogens (primary N) is 1. The van der Waals surface area contributed by atoms with Crippen molar-refractivity contribution in [2.45, 2.75) is 44.8 Å². The van der Waals surface area contributed by atoms with Gasteiger partial charge in [-0.2, -0.15) is 13.2 Å². The summed E-state index contributed by atoms with van der Waals surface area (Å²) in [4.78, 5) is 13.3. The van der Waals surface area contributed by atoms with E-state index in [2.05, 4.69) is 0 Å². The van der Waals surface area contributed by atoms with Crippen LogP contribution < -0.4 is 5.73 Å². The van der Waals surface area contributed by atoms with Gasteiger partial charge in [0.1, 0.15) is 0 Å². The largest absolute Gasteiger partial charge is 0.416 e. The van der Waals surface area contributed by atoms with Crippen LogP contribution >= 0.6 is 12.4 Å². The summed E-state index contributed by atoms with van der Waals surface area (Å²) in [5.41, 5.74) is 4.82. The van der Waals surface area contributed by atoms with Crippen LogP contribution in [0.4, 0.5) is 13.2 Å². The minimum Gasteiger partial charge on any atom is -0.341 e. The first-order valence-corrected chi connectivity index (χ1v) is 7.45. The molecular weight excluding hydrogens is 329 g/mol. The predicted molar refractivity (Wildman–Crippen MR) is 87.3 cm³/mol. The van der Waals surface area contributed by atoms with Gasteiger partial charge in [0.15, 0.2) is 0 Å². The molecule has 1 aromatic rings. The van der Waals surface area contributed by atoms with E-state index in [0.29, 0.717) is 13.0 Å². The van der Waals surface area contributed by atoms with Gasteiger partial charge >= 0.3 is 6.18 Å². The highest BCUT2D eigenvalue weighted by Crippen LogP contribution is 2.32. The summed E-state index contributed by atoms with van der Waals surface area (Å²) in [6.45, 7) is 0.611. The van der Waals surface area contributed by atoms with Gasteiger partial charge in [0.05, 0.1) is 5.56 Å². The molecule has 3 nitrogen and oxygen atoms in total. The van der Waals surface area contributed by atoms with Crippen LogP contribution in [0.1, 0.15) is 43.2 Å². The third kappa shape index (κ3) is 7.70. The van der Waals surface area contributed by atoms with Crippen molar-refractivity contribution >= 4 is 18.3 Å². The van der Waals surface area contributed by atoms with Crippen molar-refractivity contribution in [2.75, 3.05) is 13.6 Å². The van der Waals surface area contributed by atoms with Crippen LogP contribution in [0, 0.1) is 0 Å². The van der Waals surface area contributed by atoms with E-state index >= 15 is 0 Å². The lowest BCUT2D eigenvalue weighted by molar-refractivity contribution is -0.139. The van der Waals surface area contributed by atoms with Crippen LogP contribution in [-0.4, -0.2) is 24.4 Å². The monoisotopic (exact) mass is 352 g/mol. The maximum atomic E-state index is 12.9. The third-order valence-electron chi connectivity index (χ3n) is 3.50. The van der Waals surface area contributed by atoms with Crippen LogP contribution in [-0.2, 0) is 17.5 Å². The molecule has 0 saturated carbocycles. The fourth-order valence-electron chi connectivity index (χ4n) is 2.24. The predicted octanol–water partition coefficient (Wildman–Crippen LogP) is 3.99. The number of amides is 1. The zero-order chi connectivity index (χ0) is 16.6. The molecule has 0 spiro atoms. The molecule has 1 amide bonds. The van der Waals surface area contributed by atoms with Gasteiger partial charge in [-0.25, -0.2) is 0 Å². The Morgan fingerprint density at radius 1 is 1.13 bits per heavy atom. The molecule has 0 aliphatic rings. The van der Waals surface area contributed by atoms with E-state index in [9.17, 15) is 18.0 Å². The highest BCUT2D eigenvalue weighted by atomic mass is 35.5. The van der Waals surface area contributed by atoms with Crippen LogP contribution in [0.15, 0.2) is 24.3 Å². The molecule has 0 heterocycles. The molecule has 132 valence electrons. The van der Waals surface area contributed by atoms with Crippen molar-refractivity contribution in [2.24, 2.45) is 5.73 Å². The molecule has 0 aliphatic carbocycles. The van der Waals surface area contributed by atoms with Crippen LogP contribution in [0.25, 0.3) is 0 Å². The van der Waals surface area contributed by atoms with E-state index < -0.39 is 11.7 Å². The van der Waals surface area contributed by atoms with Crippen molar-refractivity contribution in [3.05, 3.63) is 35.4 Å². The Labute approximate surface area is 141 Å². The topological polar surface area (TPSA) is 46.3 Å². The zero-order valence-corrected chi connectivity index (χ0v) is 14.1. The number of halogens is 4. The third-order valence-corrected chi connectivity index (χ3v) is 3.50. The van der Waals surface area contributed by atoms with E-state index in [-0.39, 0.29) is 30.4 Å². The second kappa shape index (κ2) is 10.5. The summed E-state index contributed by atoms with van der Waals surface area (Å²) in [5, 5.41) is 0. The minimum atomic E-state index is -4.40. The Morgan fingerprint density at radius 2 is 1.74 bits per heavy atom. The Hall–Kier alpha value is -1.27. The zero-order valence-electron chi connectivity index (χ0n) is 13.2. The van der Waals surface area contributed by atoms with E-state index in [1.807, 2.05) is 0 Å². The average Bonchev–Trinajstić information content (AvgIpc) is 2.46. The molecule has 0 aromatic heterocycles. The number of hydrogen-bond donors (Lipinski definition) is 1.